The summed E-state index contributed by atoms with van der Waals surface area (Å²) in [5, 5.41) is 2.98. The van der Waals surface area contributed by atoms with Crippen molar-refractivity contribution in [2.45, 2.75) is 13.0 Å². The van der Waals surface area contributed by atoms with Gasteiger partial charge in [0.25, 0.3) is 5.56 Å². The first-order valence-corrected chi connectivity index (χ1v) is 6.08. The van der Waals surface area contributed by atoms with Crippen molar-refractivity contribution >= 4 is 0 Å². The lowest BCUT2D eigenvalue weighted by atomic mass is 10.1. The van der Waals surface area contributed by atoms with Crippen LogP contribution in [0.2, 0.25) is 0 Å². The summed E-state index contributed by atoms with van der Waals surface area (Å²) in [6, 6.07) is 9.21. The minimum Gasteiger partial charge on any atom is -0.496 e. The molecule has 0 atom stereocenters. The number of nitrogens with zero attached hydrogens (tertiary/aromatic N) is 1. The van der Waals surface area contributed by atoms with Gasteiger partial charge in [-0.2, -0.15) is 0 Å². The Balaban J connectivity index is 2.30. The minimum absolute atomic E-state index is 0.134. The van der Waals surface area contributed by atoms with Gasteiger partial charge in [0.2, 0.25) is 0 Å². The highest BCUT2D eigenvalue weighted by Gasteiger charge is 2.06. The van der Waals surface area contributed by atoms with E-state index in [1.165, 1.54) is 6.07 Å². The molecular formula is C14H17N3O2. The van der Waals surface area contributed by atoms with Crippen molar-refractivity contribution in [1.29, 1.82) is 0 Å². The quantitative estimate of drug-likeness (QED) is 0.843. The largest absolute Gasteiger partial charge is 0.496 e. The topological polar surface area (TPSA) is 67.0 Å². The Morgan fingerprint density at radius 3 is 2.89 bits per heavy atom. The second kappa shape index (κ2) is 6.15. The van der Waals surface area contributed by atoms with Gasteiger partial charge in [-0.3, -0.25) is 4.79 Å². The Hall–Kier alpha value is -2.14. The highest BCUT2D eigenvalue weighted by atomic mass is 16.5. The van der Waals surface area contributed by atoms with E-state index in [1.54, 1.807) is 7.11 Å². The molecule has 2 rings (SSSR count). The van der Waals surface area contributed by atoms with E-state index in [2.05, 4.69) is 15.3 Å². The Labute approximate surface area is 111 Å². The van der Waals surface area contributed by atoms with Gasteiger partial charge in [-0.1, -0.05) is 18.2 Å². The normalized spacial score (nSPS) is 10.4. The molecule has 0 spiro atoms. The maximum absolute atomic E-state index is 11.6. The third-order valence-corrected chi connectivity index (χ3v) is 2.75. The molecule has 0 aliphatic heterocycles. The van der Waals surface area contributed by atoms with Crippen LogP contribution in [-0.2, 0) is 13.0 Å². The summed E-state index contributed by atoms with van der Waals surface area (Å²) in [7, 11) is 3.45. The Morgan fingerprint density at radius 1 is 1.37 bits per heavy atom. The van der Waals surface area contributed by atoms with E-state index in [1.807, 2.05) is 31.3 Å². The molecule has 1 aromatic carbocycles. The Morgan fingerprint density at radius 2 is 2.16 bits per heavy atom. The Kier molecular flexibility index (Phi) is 4.30. The van der Waals surface area contributed by atoms with Gasteiger partial charge in [0, 0.05) is 24.6 Å². The lowest BCUT2D eigenvalue weighted by molar-refractivity contribution is 0.410. The van der Waals surface area contributed by atoms with Crippen LogP contribution in [0, 0.1) is 0 Å². The summed E-state index contributed by atoms with van der Waals surface area (Å²) in [6.45, 7) is 0.572. The highest BCUT2D eigenvalue weighted by molar-refractivity contribution is 5.35. The van der Waals surface area contributed by atoms with Crippen LogP contribution < -0.4 is 15.6 Å². The number of hydrogen-bond donors (Lipinski definition) is 2. The van der Waals surface area contributed by atoms with Crippen molar-refractivity contribution < 1.29 is 4.74 Å². The fourth-order valence-electron chi connectivity index (χ4n) is 1.95. The average Bonchev–Trinajstić information content (AvgIpc) is 2.39. The molecule has 5 nitrogen and oxygen atoms in total. The van der Waals surface area contributed by atoms with Crippen molar-refractivity contribution in [3.05, 3.63) is 57.8 Å². The van der Waals surface area contributed by atoms with E-state index < -0.39 is 0 Å². The number of rotatable bonds is 5. The predicted octanol–water partition coefficient (Wildman–Crippen LogP) is 1.09. The van der Waals surface area contributed by atoms with Crippen molar-refractivity contribution in [3.63, 3.8) is 0 Å². The number of hydrogen-bond acceptors (Lipinski definition) is 4. The van der Waals surface area contributed by atoms with Crippen LogP contribution in [-0.4, -0.2) is 24.1 Å². The summed E-state index contributed by atoms with van der Waals surface area (Å²) >= 11 is 0. The smallest absolute Gasteiger partial charge is 0.251 e. The molecule has 0 aliphatic rings. The number of benzene rings is 1. The molecule has 2 aromatic rings. The minimum atomic E-state index is -0.134. The monoisotopic (exact) mass is 259 g/mol. The van der Waals surface area contributed by atoms with Crippen LogP contribution in [0.4, 0.5) is 0 Å². The number of aromatic amines is 1. The third kappa shape index (κ3) is 3.42. The first-order valence-electron chi connectivity index (χ1n) is 6.08. The molecule has 0 amide bonds. The van der Waals surface area contributed by atoms with Gasteiger partial charge in [-0.05, 0) is 13.1 Å². The van der Waals surface area contributed by atoms with Crippen molar-refractivity contribution in [2.75, 3.05) is 14.2 Å². The standard InChI is InChI=1S/C14H17N3O2/c1-15-9-11-8-14(18)17-13(16-11)7-10-5-3-4-6-12(10)19-2/h3-6,8,15H,7,9H2,1-2H3,(H,16,17,18). The zero-order valence-electron chi connectivity index (χ0n) is 11.1. The lowest BCUT2D eigenvalue weighted by Crippen LogP contribution is -2.16. The van der Waals surface area contributed by atoms with Crippen LogP contribution >= 0.6 is 0 Å². The second-order valence-corrected chi connectivity index (χ2v) is 4.20. The molecule has 0 aliphatic carbocycles. The molecule has 2 N–H and O–H groups in total. The van der Waals surface area contributed by atoms with Gasteiger partial charge in [-0.25, -0.2) is 4.98 Å². The maximum Gasteiger partial charge on any atom is 0.251 e. The number of para-hydroxylation sites is 1. The first-order chi connectivity index (χ1) is 9.22. The fraction of sp³-hybridized carbons (Fsp3) is 0.286. The van der Waals surface area contributed by atoms with Gasteiger partial charge in [0.15, 0.2) is 0 Å². The summed E-state index contributed by atoms with van der Waals surface area (Å²) in [4.78, 5) is 18.8. The predicted molar refractivity (Wildman–Crippen MR) is 73.4 cm³/mol. The van der Waals surface area contributed by atoms with Gasteiger partial charge in [0.1, 0.15) is 11.6 Å². The van der Waals surface area contributed by atoms with Gasteiger partial charge >= 0.3 is 0 Å². The molecule has 1 heterocycles. The molecule has 0 unspecified atom stereocenters. The van der Waals surface area contributed by atoms with Crippen molar-refractivity contribution in [1.82, 2.24) is 15.3 Å². The molecule has 1 aromatic heterocycles. The van der Waals surface area contributed by atoms with Gasteiger partial charge < -0.3 is 15.0 Å². The van der Waals surface area contributed by atoms with E-state index in [0.29, 0.717) is 18.8 Å². The number of H-pyrrole nitrogens is 1. The lowest BCUT2D eigenvalue weighted by Gasteiger charge is -2.08. The summed E-state index contributed by atoms with van der Waals surface area (Å²) in [5.74, 6) is 1.44. The van der Waals surface area contributed by atoms with Gasteiger partial charge in [0.05, 0.1) is 12.8 Å². The number of ether oxygens (including phenoxy) is 1. The van der Waals surface area contributed by atoms with E-state index in [-0.39, 0.29) is 5.56 Å². The molecular weight excluding hydrogens is 242 g/mol. The van der Waals surface area contributed by atoms with E-state index in [4.69, 9.17) is 4.74 Å². The molecule has 100 valence electrons. The molecule has 0 saturated carbocycles. The zero-order chi connectivity index (χ0) is 13.7. The van der Waals surface area contributed by atoms with Crippen LogP contribution in [0.3, 0.4) is 0 Å². The first kappa shape index (κ1) is 13.3. The average molecular weight is 259 g/mol. The van der Waals surface area contributed by atoms with Crippen LogP contribution in [0.15, 0.2) is 35.1 Å². The van der Waals surface area contributed by atoms with Gasteiger partial charge in [-0.15, -0.1) is 0 Å². The highest BCUT2D eigenvalue weighted by Crippen LogP contribution is 2.19. The van der Waals surface area contributed by atoms with Crippen LogP contribution in [0.25, 0.3) is 0 Å². The van der Waals surface area contributed by atoms with Crippen LogP contribution in [0.1, 0.15) is 17.1 Å². The van der Waals surface area contributed by atoms with Crippen LogP contribution in [0.5, 0.6) is 5.75 Å². The molecule has 5 heteroatoms. The second-order valence-electron chi connectivity index (χ2n) is 4.20. The molecule has 0 radical (unpaired) electrons. The molecule has 0 bridgehead atoms. The third-order valence-electron chi connectivity index (χ3n) is 2.75. The maximum atomic E-state index is 11.6. The molecule has 0 saturated heterocycles. The molecule has 0 fully saturated rings. The van der Waals surface area contributed by atoms with Crippen molar-refractivity contribution in [2.24, 2.45) is 0 Å². The Bertz CT molecular complexity index is 608. The van der Waals surface area contributed by atoms with E-state index in [0.717, 1.165) is 17.0 Å². The fourth-order valence-corrected chi connectivity index (χ4v) is 1.95. The number of nitrogens with one attached hydrogen (secondary N) is 2. The molecule has 19 heavy (non-hydrogen) atoms. The number of aromatic nitrogens is 2. The SMILES string of the molecule is CNCc1cc(=O)[nH]c(Cc2ccccc2OC)n1. The van der Waals surface area contributed by atoms with Crippen molar-refractivity contribution in [3.8, 4) is 5.75 Å². The summed E-state index contributed by atoms with van der Waals surface area (Å²) in [5.41, 5.74) is 1.59. The zero-order valence-corrected chi connectivity index (χ0v) is 11.1. The number of methoxy groups -OCH3 is 1. The summed E-state index contributed by atoms with van der Waals surface area (Å²) in [6.07, 6.45) is 0.538. The van der Waals surface area contributed by atoms with E-state index in [9.17, 15) is 4.79 Å². The summed E-state index contributed by atoms with van der Waals surface area (Å²) < 4.78 is 5.29. The van der Waals surface area contributed by atoms with E-state index >= 15 is 0 Å².